The van der Waals surface area contributed by atoms with Crippen LogP contribution in [0.1, 0.15) is 23.2 Å². The van der Waals surface area contributed by atoms with Gasteiger partial charge in [-0.1, -0.05) is 0 Å². The smallest absolute Gasteiger partial charge is 0.337 e. The van der Waals surface area contributed by atoms with Crippen LogP contribution >= 0.6 is 0 Å². The van der Waals surface area contributed by atoms with Gasteiger partial charge >= 0.3 is 5.97 Å². The van der Waals surface area contributed by atoms with Crippen LogP contribution in [0.3, 0.4) is 0 Å². The summed E-state index contributed by atoms with van der Waals surface area (Å²) in [5, 5.41) is 9.04. The van der Waals surface area contributed by atoms with E-state index in [9.17, 15) is 4.79 Å². The van der Waals surface area contributed by atoms with Gasteiger partial charge in [0.25, 0.3) is 0 Å². The zero-order valence-corrected chi connectivity index (χ0v) is 11.2. The Morgan fingerprint density at radius 1 is 1.53 bits per heavy atom. The van der Waals surface area contributed by atoms with Gasteiger partial charge in [-0.25, -0.2) is 9.78 Å². The summed E-state index contributed by atoms with van der Waals surface area (Å²) < 4.78 is 0. The van der Waals surface area contributed by atoms with E-state index in [0.717, 1.165) is 26.2 Å². The largest absolute Gasteiger partial charge is 0.478 e. The standard InChI is InChI=1S/C13H20N4O2/c1-16(8-9-17-6-2-3-7-17)12-11(14)10(13(18)19)4-5-15-12/h4-5H,2-3,6-9,14H2,1H3,(H,18,19). The maximum atomic E-state index is 11.0. The van der Waals surface area contributed by atoms with Crippen LogP contribution in [0, 0.1) is 0 Å². The summed E-state index contributed by atoms with van der Waals surface area (Å²) in [4.78, 5) is 19.5. The average Bonchev–Trinajstić information content (AvgIpc) is 2.89. The van der Waals surface area contributed by atoms with E-state index >= 15 is 0 Å². The van der Waals surface area contributed by atoms with Gasteiger partial charge in [-0.05, 0) is 32.0 Å². The summed E-state index contributed by atoms with van der Waals surface area (Å²) in [5.41, 5.74) is 6.21. The van der Waals surface area contributed by atoms with Crippen LogP contribution in [0.4, 0.5) is 11.5 Å². The summed E-state index contributed by atoms with van der Waals surface area (Å²) in [6.07, 6.45) is 4.01. The number of likely N-dealkylation sites (N-methyl/N-ethyl adjacent to an activating group) is 1. The zero-order valence-electron chi connectivity index (χ0n) is 11.2. The molecule has 0 amide bonds. The third-order valence-corrected chi connectivity index (χ3v) is 3.51. The molecule has 0 bridgehead atoms. The quantitative estimate of drug-likeness (QED) is 0.822. The van der Waals surface area contributed by atoms with E-state index in [1.54, 1.807) is 0 Å². The molecule has 1 aromatic rings. The molecule has 0 radical (unpaired) electrons. The van der Waals surface area contributed by atoms with Gasteiger partial charge in [0.05, 0.1) is 11.3 Å². The first kappa shape index (κ1) is 13.6. The highest BCUT2D eigenvalue weighted by atomic mass is 16.4. The average molecular weight is 264 g/mol. The van der Waals surface area contributed by atoms with Gasteiger partial charge in [0.15, 0.2) is 5.82 Å². The number of aromatic carboxylic acids is 1. The topological polar surface area (TPSA) is 82.7 Å². The second-order valence-corrected chi connectivity index (χ2v) is 4.87. The predicted molar refractivity (Wildman–Crippen MR) is 74.6 cm³/mol. The highest BCUT2D eigenvalue weighted by Crippen LogP contribution is 2.23. The molecule has 0 aromatic carbocycles. The van der Waals surface area contributed by atoms with E-state index in [1.807, 2.05) is 11.9 Å². The van der Waals surface area contributed by atoms with Crippen molar-refractivity contribution in [2.75, 3.05) is 43.9 Å². The Hall–Kier alpha value is -1.82. The van der Waals surface area contributed by atoms with Crippen molar-refractivity contribution in [1.82, 2.24) is 9.88 Å². The molecule has 0 aliphatic carbocycles. The molecule has 1 fully saturated rings. The van der Waals surface area contributed by atoms with Crippen molar-refractivity contribution < 1.29 is 9.90 Å². The minimum atomic E-state index is -1.02. The Bertz CT molecular complexity index is 458. The molecule has 2 rings (SSSR count). The number of nitrogen functional groups attached to an aromatic ring is 1. The van der Waals surface area contributed by atoms with Gasteiger partial charge in [-0.2, -0.15) is 0 Å². The predicted octanol–water partition coefficient (Wildman–Crippen LogP) is 0.894. The maximum Gasteiger partial charge on any atom is 0.337 e. The Labute approximate surface area is 112 Å². The van der Waals surface area contributed by atoms with Gasteiger partial charge in [-0.3, -0.25) is 0 Å². The van der Waals surface area contributed by atoms with E-state index in [2.05, 4.69) is 9.88 Å². The van der Waals surface area contributed by atoms with Gasteiger partial charge in [0, 0.05) is 26.3 Å². The molecule has 1 aliphatic heterocycles. The van der Waals surface area contributed by atoms with Crippen molar-refractivity contribution in [3.63, 3.8) is 0 Å². The van der Waals surface area contributed by atoms with E-state index in [0.29, 0.717) is 5.82 Å². The molecule has 1 aliphatic rings. The number of aromatic nitrogens is 1. The summed E-state index contributed by atoms with van der Waals surface area (Å²) in [7, 11) is 1.89. The monoisotopic (exact) mass is 264 g/mol. The number of carboxylic acid groups (broad SMARTS) is 1. The first-order chi connectivity index (χ1) is 9.09. The number of hydrogen-bond donors (Lipinski definition) is 2. The fourth-order valence-corrected chi connectivity index (χ4v) is 2.36. The molecule has 6 heteroatoms. The van der Waals surface area contributed by atoms with Crippen molar-refractivity contribution >= 4 is 17.5 Å². The number of likely N-dealkylation sites (tertiary alicyclic amines) is 1. The lowest BCUT2D eigenvalue weighted by Crippen LogP contribution is -2.32. The summed E-state index contributed by atoms with van der Waals surface area (Å²) in [6.45, 7) is 4.03. The molecule has 2 heterocycles. The number of anilines is 2. The van der Waals surface area contributed by atoms with Crippen LogP contribution in [0.5, 0.6) is 0 Å². The van der Waals surface area contributed by atoms with E-state index in [-0.39, 0.29) is 11.3 Å². The highest BCUT2D eigenvalue weighted by Gasteiger charge is 2.16. The molecule has 0 unspecified atom stereocenters. The lowest BCUT2D eigenvalue weighted by Gasteiger charge is -2.23. The van der Waals surface area contributed by atoms with Crippen molar-refractivity contribution in [3.8, 4) is 0 Å². The van der Waals surface area contributed by atoms with E-state index in [1.165, 1.54) is 25.1 Å². The Morgan fingerprint density at radius 2 is 2.21 bits per heavy atom. The summed E-state index contributed by atoms with van der Waals surface area (Å²) >= 11 is 0. The molecule has 6 nitrogen and oxygen atoms in total. The molecular formula is C13H20N4O2. The first-order valence-corrected chi connectivity index (χ1v) is 6.51. The molecule has 19 heavy (non-hydrogen) atoms. The van der Waals surface area contributed by atoms with Gasteiger partial charge in [-0.15, -0.1) is 0 Å². The first-order valence-electron chi connectivity index (χ1n) is 6.51. The Kier molecular flexibility index (Phi) is 4.21. The second kappa shape index (κ2) is 5.88. The SMILES string of the molecule is CN(CCN1CCCC1)c1nccc(C(=O)O)c1N. The number of pyridine rings is 1. The van der Waals surface area contributed by atoms with Crippen LogP contribution in [-0.4, -0.2) is 54.2 Å². The van der Waals surface area contributed by atoms with Crippen LogP contribution < -0.4 is 10.6 Å². The molecule has 104 valence electrons. The molecule has 0 saturated carbocycles. The lowest BCUT2D eigenvalue weighted by atomic mass is 10.2. The number of nitrogens with two attached hydrogens (primary N) is 1. The summed E-state index contributed by atoms with van der Waals surface area (Å²) in [6, 6.07) is 1.43. The molecular weight excluding hydrogens is 244 g/mol. The van der Waals surface area contributed by atoms with Crippen molar-refractivity contribution in [2.45, 2.75) is 12.8 Å². The minimum Gasteiger partial charge on any atom is -0.478 e. The van der Waals surface area contributed by atoms with Gasteiger partial charge < -0.3 is 20.6 Å². The fourth-order valence-electron chi connectivity index (χ4n) is 2.36. The van der Waals surface area contributed by atoms with Gasteiger partial charge in [0.2, 0.25) is 0 Å². The molecule has 0 atom stereocenters. The molecule has 0 spiro atoms. The third-order valence-electron chi connectivity index (χ3n) is 3.51. The van der Waals surface area contributed by atoms with Crippen LogP contribution in [-0.2, 0) is 0 Å². The molecule has 1 saturated heterocycles. The highest BCUT2D eigenvalue weighted by molar-refractivity contribution is 5.96. The van der Waals surface area contributed by atoms with E-state index < -0.39 is 5.97 Å². The number of carbonyl (C=O) groups is 1. The molecule has 1 aromatic heterocycles. The number of hydrogen-bond acceptors (Lipinski definition) is 5. The fraction of sp³-hybridized carbons (Fsp3) is 0.538. The van der Waals surface area contributed by atoms with Crippen LogP contribution in [0.15, 0.2) is 12.3 Å². The van der Waals surface area contributed by atoms with Crippen LogP contribution in [0.25, 0.3) is 0 Å². The number of carboxylic acids is 1. The Balaban J connectivity index is 2.03. The maximum absolute atomic E-state index is 11.0. The normalized spacial score (nSPS) is 15.6. The zero-order chi connectivity index (χ0) is 13.8. The molecule has 3 N–H and O–H groups in total. The van der Waals surface area contributed by atoms with Gasteiger partial charge in [0.1, 0.15) is 0 Å². The van der Waals surface area contributed by atoms with Crippen molar-refractivity contribution in [2.24, 2.45) is 0 Å². The lowest BCUT2D eigenvalue weighted by molar-refractivity contribution is 0.0698. The second-order valence-electron chi connectivity index (χ2n) is 4.87. The van der Waals surface area contributed by atoms with Crippen LogP contribution in [0.2, 0.25) is 0 Å². The number of rotatable bonds is 5. The van der Waals surface area contributed by atoms with E-state index in [4.69, 9.17) is 10.8 Å². The third kappa shape index (κ3) is 3.14. The van der Waals surface area contributed by atoms with Crippen molar-refractivity contribution in [1.29, 1.82) is 0 Å². The summed E-state index contributed by atoms with van der Waals surface area (Å²) in [5.74, 6) is -0.479. The van der Waals surface area contributed by atoms with Crippen molar-refractivity contribution in [3.05, 3.63) is 17.8 Å². The Morgan fingerprint density at radius 3 is 2.84 bits per heavy atom. The number of nitrogens with zero attached hydrogens (tertiary/aromatic N) is 3. The minimum absolute atomic E-state index is 0.109.